The molecule has 2 N–H and O–H groups in total. The normalized spacial score (nSPS) is 24.6. The summed E-state index contributed by atoms with van der Waals surface area (Å²) < 4.78 is 12.4. The first kappa shape index (κ1) is 14.8. The first-order valence-electron chi connectivity index (χ1n) is 7.25. The van der Waals surface area contributed by atoms with Gasteiger partial charge in [0.05, 0.1) is 10.6 Å². The molecule has 1 aromatic rings. The Morgan fingerprint density at radius 3 is 3.05 bits per heavy atom. The van der Waals surface area contributed by atoms with E-state index in [-0.39, 0.29) is 18.1 Å². The maximum Gasteiger partial charge on any atom is 0.246 e. The molecule has 0 saturated carbocycles. The van der Waals surface area contributed by atoms with Gasteiger partial charge in [0.1, 0.15) is 18.4 Å². The summed E-state index contributed by atoms with van der Waals surface area (Å²) in [7, 11) is 1.78. The van der Waals surface area contributed by atoms with Gasteiger partial charge in [0.15, 0.2) is 0 Å². The second-order valence-electron chi connectivity index (χ2n) is 5.38. The molecule has 0 radical (unpaired) electrons. The molecule has 0 bridgehead atoms. The lowest BCUT2D eigenvalue weighted by Crippen LogP contribution is -2.25. The van der Waals surface area contributed by atoms with Crippen molar-refractivity contribution in [1.82, 2.24) is 5.32 Å². The molecule has 1 amide bonds. The van der Waals surface area contributed by atoms with E-state index in [1.165, 1.54) is 6.42 Å². The monoisotopic (exact) mass is 354 g/mol. The maximum absolute atomic E-state index is 11.8. The smallest absolute Gasteiger partial charge is 0.246 e. The first-order valence-corrected chi connectivity index (χ1v) is 8.04. The zero-order valence-electron chi connectivity index (χ0n) is 11.9. The number of halogens is 1. The fraction of sp³-hybridized carbons (Fsp3) is 0.533. The summed E-state index contributed by atoms with van der Waals surface area (Å²) in [6, 6.07) is 3.51. The molecule has 0 aliphatic carbocycles. The largest absolute Gasteiger partial charge is 0.490 e. The van der Waals surface area contributed by atoms with Crippen LogP contribution in [0.2, 0.25) is 0 Å². The van der Waals surface area contributed by atoms with E-state index < -0.39 is 0 Å². The van der Waals surface area contributed by atoms with Crippen molar-refractivity contribution in [1.29, 1.82) is 0 Å². The number of rotatable bonds is 4. The molecular formula is C15H19BrN2O3. The van der Waals surface area contributed by atoms with Crippen molar-refractivity contribution in [2.75, 3.05) is 25.6 Å². The fourth-order valence-corrected chi connectivity index (χ4v) is 3.26. The molecule has 1 aromatic carbocycles. The summed E-state index contributed by atoms with van der Waals surface area (Å²) in [5, 5.41) is 5.88. The lowest BCUT2D eigenvalue weighted by molar-refractivity contribution is -0.117. The zero-order valence-corrected chi connectivity index (χ0v) is 13.5. The van der Waals surface area contributed by atoms with E-state index in [4.69, 9.17) is 9.47 Å². The average molecular weight is 355 g/mol. The van der Waals surface area contributed by atoms with Crippen LogP contribution in [0, 0.1) is 0 Å². The predicted molar refractivity (Wildman–Crippen MR) is 83.7 cm³/mol. The van der Waals surface area contributed by atoms with Crippen LogP contribution in [-0.4, -0.2) is 32.3 Å². The summed E-state index contributed by atoms with van der Waals surface area (Å²) in [5.74, 6) is 0.701. The minimum atomic E-state index is -0.299. The van der Waals surface area contributed by atoms with Gasteiger partial charge < -0.3 is 20.1 Å². The van der Waals surface area contributed by atoms with Gasteiger partial charge in [0.25, 0.3) is 0 Å². The second kappa shape index (κ2) is 6.34. The maximum atomic E-state index is 11.8. The molecule has 1 fully saturated rings. The summed E-state index contributed by atoms with van der Waals surface area (Å²) in [6.07, 6.45) is 3.54. The highest BCUT2D eigenvalue weighted by Gasteiger charge is 2.30. The van der Waals surface area contributed by atoms with E-state index in [1.54, 1.807) is 7.05 Å². The van der Waals surface area contributed by atoms with E-state index in [0.717, 1.165) is 40.9 Å². The van der Waals surface area contributed by atoms with Gasteiger partial charge in [0, 0.05) is 23.9 Å². The number of hydrogen-bond acceptors (Lipinski definition) is 4. The van der Waals surface area contributed by atoms with Crippen molar-refractivity contribution in [2.24, 2.45) is 0 Å². The van der Waals surface area contributed by atoms with Gasteiger partial charge in [-0.3, -0.25) is 4.79 Å². The number of carbonyl (C=O) groups is 1. The van der Waals surface area contributed by atoms with Crippen molar-refractivity contribution < 1.29 is 14.3 Å². The van der Waals surface area contributed by atoms with Crippen molar-refractivity contribution >= 4 is 27.5 Å². The van der Waals surface area contributed by atoms with Crippen molar-refractivity contribution in [3.05, 3.63) is 22.2 Å². The van der Waals surface area contributed by atoms with Crippen LogP contribution in [0.25, 0.3) is 0 Å². The number of carbonyl (C=O) groups excluding carboxylic acids is 1. The number of benzene rings is 1. The summed E-state index contributed by atoms with van der Waals surface area (Å²) >= 11 is 3.52. The molecule has 0 spiro atoms. The molecule has 5 nitrogen and oxygen atoms in total. The molecule has 2 atom stereocenters. The molecule has 1 saturated heterocycles. The van der Waals surface area contributed by atoms with Gasteiger partial charge in [-0.1, -0.05) is 0 Å². The second-order valence-corrected chi connectivity index (χ2v) is 6.23. The fourth-order valence-electron chi connectivity index (χ4n) is 2.78. The van der Waals surface area contributed by atoms with Gasteiger partial charge in [-0.05, 0) is 48.3 Å². The highest BCUT2D eigenvalue weighted by atomic mass is 79.9. The van der Waals surface area contributed by atoms with Crippen LogP contribution in [0.15, 0.2) is 16.6 Å². The topological polar surface area (TPSA) is 59.6 Å². The summed E-state index contributed by atoms with van der Waals surface area (Å²) in [4.78, 5) is 11.8. The summed E-state index contributed by atoms with van der Waals surface area (Å²) in [6.45, 7) is 1.36. The molecule has 2 aliphatic rings. The van der Waals surface area contributed by atoms with Gasteiger partial charge >= 0.3 is 0 Å². The van der Waals surface area contributed by atoms with Crippen LogP contribution < -0.4 is 15.4 Å². The van der Waals surface area contributed by atoms with E-state index >= 15 is 0 Å². The van der Waals surface area contributed by atoms with Gasteiger partial charge in [-0.15, -0.1) is 0 Å². The number of nitrogens with one attached hydrogen (secondary N) is 2. The van der Waals surface area contributed by atoms with Crippen molar-refractivity contribution in [2.45, 2.75) is 31.4 Å². The molecule has 21 heavy (non-hydrogen) atoms. The van der Waals surface area contributed by atoms with Gasteiger partial charge in [-0.2, -0.15) is 0 Å². The Hall–Kier alpha value is -1.11. The Morgan fingerprint density at radius 2 is 2.33 bits per heavy atom. The highest BCUT2D eigenvalue weighted by molar-refractivity contribution is 9.10. The quantitative estimate of drug-likeness (QED) is 0.872. The molecule has 3 rings (SSSR count). The van der Waals surface area contributed by atoms with Gasteiger partial charge in [-0.25, -0.2) is 0 Å². The molecular weight excluding hydrogens is 336 g/mol. The molecule has 6 heteroatoms. The first-order chi connectivity index (χ1) is 10.2. The van der Waals surface area contributed by atoms with E-state index in [2.05, 4.69) is 26.6 Å². The molecule has 2 unspecified atom stereocenters. The van der Waals surface area contributed by atoms with Crippen LogP contribution in [-0.2, 0) is 9.53 Å². The zero-order chi connectivity index (χ0) is 14.8. The Balaban J connectivity index is 1.72. The minimum Gasteiger partial charge on any atom is -0.490 e. The number of likely N-dealkylation sites (N-methyl/N-ethyl adjacent to an activating group) is 1. The molecule has 2 aliphatic heterocycles. The third kappa shape index (κ3) is 3.07. The van der Waals surface area contributed by atoms with Crippen LogP contribution in [0.3, 0.4) is 0 Å². The molecule has 0 aromatic heterocycles. The Morgan fingerprint density at radius 1 is 1.48 bits per heavy atom. The number of amides is 1. The van der Waals surface area contributed by atoms with Crippen LogP contribution in [0.1, 0.15) is 30.9 Å². The van der Waals surface area contributed by atoms with Crippen molar-refractivity contribution in [3.63, 3.8) is 0 Å². The minimum absolute atomic E-state index is 0.0350. The van der Waals surface area contributed by atoms with Crippen molar-refractivity contribution in [3.8, 4) is 5.75 Å². The van der Waals surface area contributed by atoms with E-state index in [9.17, 15) is 4.79 Å². The lowest BCUT2D eigenvalue weighted by atomic mass is 10.1. The predicted octanol–water partition coefficient (Wildman–Crippen LogP) is 2.61. The third-order valence-corrected chi connectivity index (χ3v) is 4.54. The van der Waals surface area contributed by atoms with Crippen LogP contribution in [0.4, 0.5) is 5.69 Å². The number of ether oxygens (including phenoxy) is 2. The Kier molecular flexibility index (Phi) is 4.47. The third-order valence-electron chi connectivity index (χ3n) is 3.92. The summed E-state index contributed by atoms with van der Waals surface area (Å²) in [5.41, 5.74) is 1.75. The van der Waals surface area contributed by atoms with E-state index in [1.807, 2.05) is 12.1 Å². The van der Waals surface area contributed by atoms with Crippen LogP contribution >= 0.6 is 15.9 Å². The number of hydrogen-bond donors (Lipinski definition) is 2. The highest BCUT2D eigenvalue weighted by Crippen LogP contribution is 2.38. The average Bonchev–Trinajstić information content (AvgIpc) is 2.80. The number of anilines is 1. The number of fused-ring (bicyclic) bond motifs is 1. The van der Waals surface area contributed by atoms with Crippen LogP contribution in [0.5, 0.6) is 5.75 Å². The standard InChI is InChI=1S/C15H19BrN2O3/c1-17-14-10-6-11(16)13(7-12(10)18-15(14)19)21-8-9-4-2-3-5-20-9/h6-7,9,14,17H,2-5,8H2,1H3,(H,18,19). The Labute approximate surface area is 132 Å². The molecule has 114 valence electrons. The SMILES string of the molecule is CNC1C(=O)Nc2cc(OCC3CCCCO3)c(Br)cc21. The lowest BCUT2D eigenvalue weighted by Gasteiger charge is -2.23. The Bertz CT molecular complexity index is 544. The van der Waals surface area contributed by atoms with E-state index in [0.29, 0.717) is 6.61 Å². The van der Waals surface area contributed by atoms with Gasteiger partial charge in [0.2, 0.25) is 5.91 Å². The molecule has 2 heterocycles.